The van der Waals surface area contributed by atoms with Crippen LogP contribution in [-0.2, 0) is 47.7 Å². The molecular weight excluding hydrogens is 404 g/mol. The minimum Gasteiger partial charge on any atom is -0.478 e. The van der Waals surface area contributed by atoms with Crippen LogP contribution in [-0.4, -0.2) is 72.6 Å². The molecule has 1 aliphatic heterocycles. The summed E-state index contributed by atoms with van der Waals surface area (Å²) in [6.07, 6.45) is -3.03. The fraction of sp³-hybridized carbons (Fsp3) is 0.632. The van der Waals surface area contributed by atoms with Gasteiger partial charge in [0.1, 0.15) is 12.7 Å². The summed E-state index contributed by atoms with van der Waals surface area (Å²) in [6, 6.07) is 0. The van der Waals surface area contributed by atoms with Crippen molar-refractivity contribution in [2.45, 2.75) is 64.4 Å². The average molecular weight is 430 g/mol. The van der Waals surface area contributed by atoms with Crippen molar-refractivity contribution in [3.05, 3.63) is 12.2 Å². The zero-order valence-corrected chi connectivity index (χ0v) is 17.0. The molecule has 4 atom stereocenters. The maximum Gasteiger partial charge on any atom is 0.331 e. The molecule has 11 nitrogen and oxygen atoms in total. The molecule has 0 amide bonds. The number of ether oxygens (including phenoxy) is 5. The number of carboxylic acids is 1. The van der Waals surface area contributed by atoms with E-state index in [4.69, 9.17) is 28.8 Å². The molecular formula is C19H26O11. The van der Waals surface area contributed by atoms with Crippen molar-refractivity contribution in [2.75, 3.05) is 13.2 Å². The zero-order chi connectivity index (χ0) is 22.7. The lowest BCUT2D eigenvalue weighted by Crippen LogP contribution is -2.58. The summed E-state index contributed by atoms with van der Waals surface area (Å²) in [6.45, 7) is 4.09. The van der Waals surface area contributed by atoms with Crippen molar-refractivity contribution in [1.82, 2.24) is 0 Å². The minimum absolute atomic E-state index is 0.0121. The lowest BCUT2D eigenvalue weighted by molar-refractivity contribution is -0.232. The van der Waals surface area contributed by atoms with Crippen LogP contribution in [0.3, 0.4) is 0 Å². The molecule has 0 spiro atoms. The molecule has 0 saturated carbocycles. The molecule has 0 unspecified atom stereocenters. The van der Waals surface area contributed by atoms with Gasteiger partial charge in [0.2, 0.25) is 0 Å². The van der Waals surface area contributed by atoms with Gasteiger partial charge in [-0.05, 0) is 0 Å². The monoisotopic (exact) mass is 430 g/mol. The number of esters is 4. The van der Waals surface area contributed by atoms with Crippen LogP contribution in [0.2, 0.25) is 0 Å². The number of hydrogen-bond acceptors (Lipinski definition) is 10. The molecule has 1 heterocycles. The molecule has 0 radical (unpaired) electrons. The van der Waals surface area contributed by atoms with E-state index in [2.05, 4.69) is 0 Å². The van der Waals surface area contributed by atoms with E-state index in [0.29, 0.717) is 12.2 Å². The number of carbonyl (C=O) groups excluding carboxylic acids is 4. The summed E-state index contributed by atoms with van der Waals surface area (Å²) in [5.74, 6) is -4.10. The lowest BCUT2D eigenvalue weighted by Gasteiger charge is -2.40. The quantitative estimate of drug-likeness (QED) is 0.293. The molecule has 1 fully saturated rings. The van der Waals surface area contributed by atoms with Crippen molar-refractivity contribution >= 4 is 29.8 Å². The van der Waals surface area contributed by atoms with Gasteiger partial charge >= 0.3 is 29.8 Å². The molecule has 1 saturated heterocycles. The van der Waals surface area contributed by atoms with Crippen LogP contribution in [0.15, 0.2) is 12.2 Å². The van der Waals surface area contributed by atoms with E-state index in [1.807, 2.05) is 0 Å². The Bertz CT molecular complexity index is 669. The number of rotatable bonds is 10. The Morgan fingerprint density at radius 3 is 1.93 bits per heavy atom. The molecule has 11 heteroatoms. The highest BCUT2D eigenvalue weighted by molar-refractivity contribution is 5.90. The Hall–Kier alpha value is -2.95. The Kier molecular flexibility index (Phi) is 10.5. The first-order valence-electron chi connectivity index (χ1n) is 9.49. The zero-order valence-electron chi connectivity index (χ0n) is 17.0. The van der Waals surface area contributed by atoms with E-state index in [-0.39, 0.29) is 25.9 Å². The van der Waals surface area contributed by atoms with Gasteiger partial charge in [-0.25, -0.2) is 9.59 Å². The maximum absolute atomic E-state index is 11.9. The van der Waals surface area contributed by atoms with Crippen LogP contribution in [0.25, 0.3) is 0 Å². The first-order valence-corrected chi connectivity index (χ1v) is 9.49. The van der Waals surface area contributed by atoms with E-state index >= 15 is 0 Å². The topological polar surface area (TPSA) is 152 Å². The second kappa shape index (κ2) is 12.6. The van der Waals surface area contributed by atoms with E-state index in [1.54, 1.807) is 20.8 Å². The molecule has 1 N–H and O–H groups in total. The van der Waals surface area contributed by atoms with Gasteiger partial charge in [0.25, 0.3) is 0 Å². The molecule has 1 aliphatic rings. The third-order valence-electron chi connectivity index (χ3n) is 3.97. The Morgan fingerprint density at radius 1 is 0.867 bits per heavy atom. The summed E-state index contributed by atoms with van der Waals surface area (Å²) in [7, 11) is 0. The maximum atomic E-state index is 11.9. The normalized spacial score (nSPS) is 23.4. The molecule has 0 aromatic heterocycles. The SMILES string of the molecule is CCC(=O)O[C@@H]1[C@H](OC(=O)CC)[C@H](COC(=O)/C=C/C(=O)O)OC[C@H]1OC(=O)CC. The summed E-state index contributed by atoms with van der Waals surface area (Å²) in [4.78, 5) is 57.7. The smallest absolute Gasteiger partial charge is 0.331 e. The Balaban J connectivity index is 3.04. The molecule has 0 aromatic rings. The Morgan fingerprint density at radius 2 is 1.40 bits per heavy atom. The van der Waals surface area contributed by atoms with Gasteiger partial charge in [0, 0.05) is 31.4 Å². The van der Waals surface area contributed by atoms with Gasteiger partial charge in [-0.15, -0.1) is 0 Å². The predicted molar refractivity (Wildman–Crippen MR) is 98.0 cm³/mol. The summed E-state index contributed by atoms with van der Waals surface area (Å²) in [5.41, 5.74) is 0. The van der Waals surface area contributed by atoms with Gasteiger partial charge in [-0.3, -0.25) is 14.4 Å². The van der Waals surface area contributed by atoms with Crippen molar-refractivity contribution < 1.29 is 52.8 Å². The van der Waals surface area contributed by atoms with Gasteiger partial charge in [-0.2, -0.15) is 0 Å². The van der Waals surface area contributed by atoms with Crippen molar-refractivity contribution in [3.63, 3.8) is 0 Å². The van der Waals surface area contributed by atoms with Crippen LogP contribution in [0.5, 0.6) is 0 Å². The standard InChI is InChI=1S/C19H26O11/c1-4-14(22)28-12-10-26-11(9-27-17(25)8-7-13(20)21)18(29-15(23)5-2)19(12)30-16(24)6-3/h7-8,11-12,18-19H,4-6,9-10H2,1-3H3,(H,20,21)/b8-7+/t11-,12+,18+,19-/m0/s1. The van der Waals surface area contributed by atoms with Crippen LogP contribution >= 0.6 is 0 Å². The third kappa shape index (κ3) is 8.19. The fourth-order valence-corrected chi connectivity index (χ4v) is 2.44. The lowest BCUT2D eigenvalue weighted by atomic mass is 9.99. The molecule has 1 rings (SSSR count). The number of carboxylic acid groups (broad SMARTS) is 1. The third-order valence-corrected chi connectivity index (χ3v) is 3.97. The molecule has 0 aliphatic carbocycles. The van der Waals surface area contributed by atoms with Crippen LogP contribution in [0, 0.1) is 0 Å². The summed E-state index contributed by atoms with van der Waals surface area (Å²) in [5, 5.41) is 8.54. The van der Waals surface area contributed by atoms with Crippen LogP contribution < -0.4 is 0 Å². The van der Waals surface area contributed by atoms with E-state index in [0.717, 1.165) is 0 Å². The molecule has 0 aromatic carbocycles. The Labute approximate surface area is 173 Å². The van der Waals surface area contributed by atoms with E-state index < -0.39 is 60.9 Å². The highest BCUT2D eigenvalue weighted by Gasteiger charge is 2.47. The van der Waals surface area contributed by atoms with Crippen LogP contribution in [0.4, 0.5) is 0 Å². The van der Waals surface area contributed by atoms with E-state index in [1.165, 1.54) is 0 Å². The second-order valence-corrected chi connectivity index (χ2v) is 6.17. The predicted octanol–water partition coefficient (Wildman–Crippen LogP) is 0.535. The number of aliphatic carboxylic acids is 1. The summed E-state index contributed by atoms with van der Waals surface area (Å²) < 4.78 is 26.5. The van der Waals surface area contributed by atoms with Crippen molar-refractivity contribution in [1.29, 1.82) is 0 Å². The molecule has 30 heavy (non-hydrogen) atoms. The number of hydrogen-bond donors (Lipinski definition) is 1. The van der Waals surface area contributed by atoms with Crippen LogP contribution in [0.1, 0.15) is 40.0 Å². The largest absolute Gasteiger partial charge is 0.478 e. The highest BCUT2D eigenvalue weighted by atomic mass is 16.7. The minimum atomic E-state index is -1.33. The average Bonchev–Trinajstić information content (AvgIpc) is 2.72. The highest BCUT2D eigenvalue weighted by Crippen LogP contribution is 2.25. The van der Waals surface area contributed by atoms with Gasteiger partial charge in [0.05, 0.1) is 6.61 Å². The second-order valence-electron chi connectivity index (χ2n) is 6.17. The van der Waals surface area contributed by atoms with E-state index in [9.17, 15) is 24.0 Å². The number of carbonyl (C=O) groups is 5. The van der Waals surface area contributed by atoms with Gasteiger partial charge in [0.15, 0.2) is 18.3 Å². The first-order chi connectivity index (χ1) is 14.2. The molecule has 0 bridgehead atoms. The van der Waals surface area contributed by atoms with Crippen molar-refractivity contribution in [2.24, 2.45) is 0 Å². The summed E-state index contributed by atoms with van der Waals surface area (Å²) >= 11 is 0. The fourth-order valence-electron chi connectivity index (χ4n) is 2.44. The molecule has 168 valence electrons. The van der Waals surface area contributed by atoms with Crippen molar-refractivity contribution in [3.8, 4) is 0 Å². The van der Waals surface area contributed by atoms with Gasteiger partial charge < -0.3 is 28.8 Å². The van der Waals surface area contributed by atoms with Gasteiger partial charge in [-0.1, -0.05) is 20.8 Å². The first kappa shape index (κ1) is 25.1.